The predicted molar refractivity (Wildman–Crippen MR) is 50.6 cm³/mol. The lowest BCUT2D eigenvalue weighted by atomic mass is 9.83. The molecular formula is C8H6BrF3OS. The lowest BCUT2D eigenvalue weighted by molar-refractivity contribution is -0.260. The van der Waals surface area contributed by atoms with Crippen molar-refractivity contribution in [3.63, 3.8) is 0 Å². The second kappa shape index (κ2) is 3.21. The summed E-state index contributed by atoms with van der Waals surface area (Å²) in [6, 6.07) is 3.14. The van der Waals surface area contributed by atoms with Crippen molar-refractivity contribution in [3.8, 4) is 0 Å². The summed E-state index contributed by atoms with van der Waals surface area (Å²) in [5.74, 6) is 0. The number of halogens is 4. The van der Waals surface area contributed by atoms with Crippen molar-refractivity contribution in [2.45, 2.75) is 11.6 Å². The molecule has 0 atom stereocenters. The number of thiophene rings is 1. The van der Waals surface area contributed by atoms with Gasteiger partial charge in [0.2, 0.25) is 0 Å². The largest absolute Gasteiger partial charge is 0.403 e. The van der Waals surface area contributed by atoms with Crippen LogP contribution < -0.4 is 0 Å². The van der Waals surface area contributed by atoms with E-state index in [-0.39, 0.29) is 13.2 Å². The van der Waals surface area contributed by atoms with Gasteiger partial charge in [-0.2, -0.15) is 13.2 Å². The van der Waals surface area contributed by atoms with Gasteiger partial charge in [-0.1, -0.05) is 0 Å². The van der Waals surface area contributed by atoms with Gasteiger partial charge < -0.3 is 4.74 Å². The van der Waals surface area contributed by atoms with Crippen LogP contribution in [0, 0.1) is 0 Å². The standard InChI is InChI=1S/C8H6BrF3OS/c9-6-2-1-5(14-6)7(3-13-4-7)8(10,11)12/h1-2H,3-4H2. The zero-order chi connectivity index (χ0) is 10.4. The van der Waals surface area contributed by atoms with Crippen molar-refractivity contribution in [2.75, 3.05) is 13.2 Å². The Bertz CT molecular complexity index is 343. The van der Waals surface area contributed by atoms with Crippen LogP contribution in [0.1, 0.15) is 4.88 Å². The highest BCUT2D eigenvalue weighted by atomic mass is 79.9. The molecule has 2 rings (SSSR count). The molecule has 1 aromatic heterocycles. The van der Waals surface area contributed by atoms with E-state index in [0.717, 1.165) is 11.3 Å². The summed E-state index contributed by atoms with van der Waals surface area (Å²) in [5, 5.41) is 0. The quantitative estimate of drug-likeness (QED) is 0.769. The molecular weight excluding hydrogens is 281 g/mol. The zero-order valence-corrected chi connectivity index (χ0v) is 9.30. The molecule has 0 aliphatic carbocycles. The molecule has 1 saturated heterocycles. The Hall–Kier alpha value is -0.0700. The molecule has 0 bridgehead atoms. The molecule has 6 heteroatoms. The fourth-order valence-electron chi connectivity index (χ4n) is 1.32. The van der Waals surface area contributed by atoms with Gasteiger partial charge in [-0.15, -0.1) is 11.3 Å². The van der Waals surface area contributed by atoms with E-state index in [1.807, 2.05) is 0 Å². The number of hydrogen-bond acceptors (Lipinski definition) is 2. The van der Waals surface area contributed by atoms with Crippen LogP contribution in [0.2, 0.25) is 0 Å². The Morgan fingerprint density at radius 3 is 2.29 bits per heavy atom. The lowest BCUT2D eigenvalue weighted by Crippen LogP contribution is -2.56. The van der Waals surface area contributed by atoms with E-state index in [2.05, 4.69) is 15.9 Å². The first-order valence-electron chi connectivity index (χ1n) is 3.86. The zero-order valence-electron chi connectivity index (χ0n) is 6.90. The van der Waals surface area contributed by atoms with Crippen molar-refractivity contribution in [1.29, 1.82) is 0 Å². The van der Waals surface area contributed by atoms with Crippen molar-refractivity contribution in [3.05, 3.63) is 20.8 Å². The molecule has 1 aromatic rings. The second-order valence-electron chi connectivity index (χ2n) is 3.18. The Morgan fingerprint density at radius 2 is 2.00 bits per heavy atom. The summed E-state index contributed by atoms with van der Waals surface area (Å²) < 4.78 is 43.7. The van der Waals surface area contributed by atoms with Gasteiger partial charge >= 0.3 is 6.18 Å². The first kappa shape index (κ1) is 10.4. The fraction of sp³-hybridized carbons (Fsp3) is 0.500. The predicted octanol–water partition coefficient (Wildman–Crippen LogP) is 3.34. The van der Waals surface area contributed by atoms with Crippen molar-refractivity contribution < 1.29 is 17.9 Å². The maximum atomic E-state index is 12.8. The van der Waals surface area contributed by atoms with E-state index in [1.165, 1.54) is 6.07 Å². The smallest absolute Gasteiger partial charge is 0.379 e. The average Bonchev–Trinajstić information content (AvgIpc) is 2.29. The van der Waals surface area contributed by atoms with E-state index < -0.39 is 11.6 Å². The third-order valence-corrected chi connectivity index (χ3v) is 4.11. The lowest BCUT2D eigenvalue weighted by Gasteiger charge is -2.41. The summed E-state index contributed by atoms with van der Waals surface area (Å²) in [5.41, 5.74) is -1.76. The number of alkyl halides is 3. The van der Waals surface area contributed by atoms with E-state index in [1.54, 1.807) is 6.07 Å². The molecule has 1 aliphatic rings. The Kier molecular flexibility index (Phi) is 2.40. The summed E-state index contributed by atoms with van der Waals surface area (Å²) in [7, 11) is 0. The molecule has 0 saturated carbocycles. The second-order valence-corrected chi connectivity index (χ2v) is 5.64. The van der Waals surface area contributed by atoms with Crippen LogP contribution in [-0.4, -0.2) is 19.4 Å². The SMILES string of the molecule is FC(F)(F)C1(c2ccc(Br)s2)COC1. The third-order valence-electron chi connectivity index (χ3n) is 2.28. The first-order chi connectivity index (χ1) is 6.46. The fourth-order valence-corrected chi connectivity index (χ4v) is 2.89. The van der Waals surface area contributed by atoms with Gasteiger partial charge in [0.15, 0.2) is 0 Å². The van der Waals surface area contributed by atoms with Gasteiger partial charge in [0, 0.05) is 4.88 Å². The Morgan fingerprint density at radius 1 is 1.36 bits per heavy atom. The van der Waals surface area contributed by atoms with Crippen molar-refractivity contribution in [2.24, 2.45) is 0 Å². The molecule has 0 aromatic carbocycles. The van der Waals surface area contributed by atoms with Gasteiger partial charge in [0.1, 0.15) is 5.41 Å². The number of ether oxygens (including phenoxy) is 1. The van der Waals surface area contributed by atoms with E-state index in [9.17, 15) is 13.2 Å². The molecule has 1 nitrogen and oxygen atoms in total. The maximum Gasteiger partial charge on any atom is 0.403 e. The van der Waals surface area contributed by atoms with Gasteiger partial charge in [-0.3, -0.25) is 0 Å². The molecule has 14 heavy (non-hydrogen) atoms. The highest BCUT2D eigenvalue weighted by molar-refractivity contribution is 9.11. The molecule has 0 amide bonds. The highest BCUT2D eigenvalue weighted by Gasteiger charge is 2.61. The monoisotopic (exact) mass is 286 g/mol. The first-order valence-corrected chi connectivity index (χ1v) is 5.47. The Balaban J connectivity index is 2.38. The van der Waals surface area contributed by atoms with E-state index in [0.29, 0.717) is 8.66 Å². The van der Waals surface area contributed by atoms with Crippen LogP contribution in [0.3, 0.4) is 0 Å². The molecule has 1 aliphatic heterocycles. The number of hydrogen-bond donors (Lipinski definition) is 0. The minimum atomic E-state index is -4.23. The van der Waals surface area contributed by atoms with Gasteiger partial charge in [-0.05, 0) is 28.1 Å². The molecule has 0 unspecified atom stereocenters. The van der Waals surface area contributed by atoms with Crippen LogP contribution in [0.5, 0.6) is 0 Å². The van der Waals surface area contributed by atoms with Crippen LogP contribution >= 0.6 is 27.3 Å². The van der Waals surface area contributed by atoms with Crippen LogP contribution in [0.25, 0.3) is 0 Å². The summed E-state index contributed by atoms with van der Waals surface area (Å²) >= 11 is 4.27. The normalized spacial score (nSPS) is 20.6. The minimum absolute atomic E-state index is 0.260. The van der Waals surface area contributed by atoms with E-state index >= 15 is 0 Å². The maximum absolute atomic E-state index is 12.8. The van der Waals surface area contributed by atoms with E-state index in [4.69, 9.17) is 4.74 Å². The molecule has 1 fully saturated rings. The third kappa shape index (κ3) is 1.40. The summed E-state index contributed by atoms with van der Waals surface area (Å²) in [4.78, 5) is 0.322. The Labute approximate surface area is 91.0 Å². The van der Waals surface area contributed by atoms with Gasteiger partial charge in [0.25, 0.3) is 0 Å². The average molecular weight is 287 g/mol. The molecule has 2 heterocycles. The van der Waals surface area contributed by atoms with Crippen molar-refractivity contribution in [1.82, 2.24) is 0 Å². The number of rotatable bonds is 1. The molecule has 0 spiro atoms. The molecule has 0 radical (unpaired) electrons. The van der Waals surface area contributed by atoms with Crippen LogP contribution in [-0.2, 0) is 10.2 Å². The topological polar surface area (TPSA) is 9.23 Å². The van der Waals surface area contributed by atoms with Crippen LogP contribution in [0.15, 0.2) is 15.9 Å². The van der Waals surface area contributed by atoms with Crippen molar-refractivity contribution >= 4 is 27.3 Å². The molecule has 0 N–H and O–H groups in total. The minimum Gasteiger partial charge on any atom is -0.379 e. The summed E-state index contributed by atoms with van der Waals surface area (Å²) in [6.45, 7) is -0.521. The summed E-state index contributed by atoms with van der Waals surface area (Å²) in [6.07, 6.45) is -4.23. The molecule has 78 valence electrons. The van der Waals surface area contributed by atoms with Crippen LogP contribution in [0.4, 0.5) is 13.2 Å². The van der Waals surface area contributed by atoms with Gasteiger partial charge in [0.05, 0.1) is 17.0 Å². The van der Waals surface area contributed by atoms with Gasteiger partial charge in [-0.25, -0.2) is 0 Å². The highest BCUT2D eigenvalue weighted by Crippen LogP contribution is 2.49.